The van der Waals surface area contributed by atoms with E-state index in [9.17, 15) is 27.9 Å². The second-order valence-electron chi connectivity index (χ2n) is 12.9. The fourth-order valence-corrected chi connectivity index (χ4v) is 6.58. The standard InChI is InChI=1S/C38H49N5O7S/c1-2-3-4-5-6-7-8-9-10-11-12-13-14-15-19-22-34-37(40-39-30-23-25-31(26-24-30)43(45)46)38(44)42(41-34)32-27-28-35(36(29-32)51(47,48)49)50-33-20-17-16-18-21-33/h16-18,20-21,23-29,37H,2-15,19,22H2,1H3,(H,47,48,49)/t37-/m0/s1. The molecule has 0 bridgehead atoms. The summed E-state index contributed by atoms with van der Waals surface area (Å²) in [6.45, 7) is 2.25. The lowest BCUT2D eigenvalue weighted by Gasteiger charge is -2.15. The van der Waals surface area contributed by atoms with Crippen molar-refractivity contribution in [1.29, 1.82) is 0 Å². The molecule has 13 heteroatoms. The van der Waals surface area contributed by atoms with Crippen LogP contribution in [0.15, 0.2) is 93.0 Å². The van der Waals surface area contributed by atoms with Crippen molar-refractivity contribution < 1.29 is 27.4 Å². The molecule has 0 spiro atoms. The van der Waals surface area contributed by atoms with Gasteiger partial charge in [0.1, 0.15) is 16.4 Å². The van der Waals surface area contributed by atoms with Crippen LogP contribution in [0.1, 0.15) is 110 Å². The number of nitrogens with zero attached hydrogens (tertiary/aromatic N) is 5. The van der Waals surface area contributed by atoms with Crippen LogP contribution in [0.2, 0.25) is 0 Å². The number of hydrogen-bond acceptors (Lipinski definition) is 9. The minimum absolute atomic E-state index is 0.0955. The van der Waals surface area contributed by atoms with E-state index >= 15 is 0 Å². The van der Waals surface area contributed by atoms with Gasteiger partial charge in [0.15, 0.2) is 6.04 Å². The summed E-state index contributed by atoms with van der Waals surface area (Å²) in [5, 5.41) is 25.1. The molecule has 3 aromatic carbocycles. The number of hydrogen-bond donors (Lipinski definition) is 1. The van der Waals surface area contributed by atoms with Gasteiger partial charge >= 0.3 is 0 Å². The number of amides is 1. The number of unbranched alkanes of at least 4 members (excludes halogenated alkanes) is 14. The number of hydrazone groups is 1. The summed E-state index contributed by atoms with van der Waals surface area (Å²) in [4.78, 5) is 23.7. The van der Waals surface area contributed by atoms with Crippen molar-refractivity contribution >= 4 is 38.8 Å². The largest absolute Gasteiger partial charge is 0.456 e. The highest BCUT2D eigenvalue weighted by molar-refractivity contribution is 7.86. The zero-order valence-corrected chi connectivity index (χ0v) is 30.2. The molecule has 1 amide bonds. The Labute approximate surface area is 300 Å². The number of nitro benzene ring substituents is 1. The van der Waals surface area contributed by atoms with Gasteiger partial charge in [-0.15, -0.1) is 0 Å². The van der Waals surface area contributed by atoms with Crippen molar-refractivity contribution in [3.05, 3.63) is 82.9 Å². The Morgan fingerprint density at radius 2 is 1.39 bits per heavy atom. The van der Waals surface area contributed by atoms with E-state index in [-0.39, 0.29) is 17.1 Å². The normalized spacial score (nSPS) is 14.7. The maximum Gasteiger partial charge on any atom is 0.298 e. The molecule has 0 saturated heterocycles. The lowest BCUT2D eigenvalue weighted by molar-refractivity contribution is -0.384. The third-order valence-corrected chi connectivity index (χ3v) is 9.67. The van der Waals surface area contributed by atoms with Crippen LogP contribution in [-0.2, 0) is 14.9 Å². The molecule has 1 heterocycles. The number of ether oxygens (including phenoxy) is 1. The van der Waals surface area contributed by atoms with E-state index in [1.165, 1.54) is 107 Å². The number of para-hydroxylation sites is 1. The average molecular weight is 720 g/mol. The van der Waals surface area contributed by atoms with Crippen LogP contribution in [0.4, 0.5) is 17.1 Å². The third kappa shape index (κ3) is 12.7. The maximum absolute atomic E-state index is 13.7. The number of non-ortho nitro benzene ring substituents is 1. The quantitative estimate of drug-likeness (QED) is 0.0335. The summed E-state index contributed by atoms with van der Waals surface area (Å²) in [6, 6.07) is 16.9. The van der Waals surface area contributed by atoms with Crippen LogP contribution in [0.5, 0.6) is 11.5 Å². The number of benzene rings is 3. The summed E-state index contributed by atoms with van der Waals surface area (Å²) in [5.41, 5.74) is 0.810. The van der Waals surface area contributed by atoms with Crippen molar-refractivity contribution in [3.8, 4) is 11.5 Å². The SMILES string of the molecule is CCCCCCCCCCCCCCCCCC1=NN(c2ccc(Oc3ccccc3)c(S(=O)(=O)O)c2)C(=O)[C@H]1N=Nc1ccc([N+](=O)[O-])cc1. The number of nitro groups is 1. The minimum atomic E-state index is -4.75. The second kappa shape index (κ2) is 20.4. The lowest BCUT2D eigenvalue weighted by Crippen LogP contribution is -2.30. The van der Waals surface area contributed by atoms with E-state index in [1.54, 1.807) is 30.3 Å². The second-order valence-corrected chi connectivity index (χ2v) is 14.2. The summed E-state index contributed by atoms with van der Waals surface area (Å²) in [5.74, 6) is -0.298. The van der Waals surface area contributed by atoms with Crippen LogP contribution in [-0.4, -0.2) is 35.6 Å². The first kappa shape index (κ1) is 39.3. The highest BCUT2D eigenvalue weighted by Crippen LogP contribution is 2.34. The van der Waals surface area contributed by atoms with Gasteiger partial charge in [-0.3, -0.25) is 19.5 Å². The van der Waals surface area contributed by atoms with Gasteiger partial charge in [0.25, 0.3) is 21.7 Å². The van der Waals surface area contributed by atoms with Gasteiger partial charge in [0.2, 0.25) is 0 Å². The molecule has 51 heavy (non-hydrogen) atoms. The zero-order chi connectivity index (χ0) is 36.5. The van der Waals surface area contributed by atoms with Gasteiger partial charge in [-0.1, -0.05) is 115 Å². The van der Waals surface area contributed by atoms with E-state index in [0.717, 1.165) is 36.8 Å². The van der Waals surface area contributed by atoms with Crippen LogP contribution in [0.3, 0.4) is 0 Å². The van der Waals surface area contributed by atoms with Gasteiger partial charge in [-0.05, 0) is 55.3 Å². The molecule has 274 valence electrons. The van der Waals surface area contributed by atoms with Crippen molar-refractivity contribution in [3.63, 3.8) is 0 Å². The molecule has 3 aromatic rings. The number of rotatable bonds is 23. The highest BCUT2D eigenvalue weighted by atomic mass is 32.2. The Bertz CT molecular complexity index is 1730. The van der Waals surface area contributed by atoms with Crippen molar-refractivity contribution in [2.75, 3.05) is 5.01 Å². The molecule has 4 rings (SSSR count). The summed E-state index contributed by atoms with van der Waals surface area (Å²) in [7, 11) is -4.75. The van der Waals surface area contributed by atoms with Crippen molar-refractivity contribution in [2.45, 2.75) is 121 Å². The Morgan fingerprint density at radius 1 is 0.824 bits per heavy atom. The molecule has 0 aromatic heterocycles. The molecule has 0 radical (unpaired) electrons. The Morgan fingerprint density at radius 3 is 1.94 bits per heavy atom. The Balaban J connectivity index is 1.38. The van der Waals surface area contributed by atoms with E-state index < -0.39 is 31.9 Å². The molecule has 12 nitrogen and oxygen atoms in total. The fraction of sp³-hybridized carbons (Fsp3) is 0.474. The first-order chi connectivity index (χ1) is 24.7. The zero-order valence-electron chi connectivity index (χ0n) is 29.4. The van der Waals surface area contributed by atoms with Gasteiger partial charge < -0.3 is 4.74 Å². The Hall–Kier alpha value is -4.49. The number of carbonyl (C=O) groups is 1. The van der Waals surface area contributed by atoms with E-state index in [0.29, 0.717) is 23.6 Å². The first-order valence-corrected chi connectivity index (χ1v) is 19.5. The van der Waals surface area contributed by atoms with Crippen molar-refractivity contribution in [1.82, 2.24) is 0 Å². The predicted molar refractivity (Wildman–Crippen MR) is 199 cm³/mol. The van der Waals surface area contributed by atoms with Gasteiger partial charge in [0.05, 0.1) is 22.0 Å². The molecule has 1 atom stereocenters. The molecule has 0 aliphatic carbocycles. The predicted octanol–water partition coefficient (Wildman–Crippen LogP) is 10.8. The highest BCUT2D eigenvalue weighted by Gasteiger charge is 2.37. The molecule has 0 saturated carbocycles. The Kier molecular flexibility index (Phi) is 15.7. The van der Waals surface area contributed by atoms with Crippen LogP contribution < -0.4 is 9.75 Å². The topological polar surface area (TPSA) is 164 Å². The molecule has 1 N–H and O–H groups in total. The minimum Gasteiger partial charge on any atom is -0.456 e. The molecule has 0 fully saturated rings. The molecular formula is C38H49N5O7S. The summed E-state index contributed by atoms with van der Waals surface area (Å²) < 4.78 is 40.5. The summed E-state index contributed by atoms with van der Waals surface area (Å²) >= 11 is 0. The first-order valence-electron chi connectivity index (χ1n) is 18.1. The molecule has 1 aliphatic heterocycles. The van der Waals surface area contributed by atoms with Crippen LogP contribution in [0.25, 0.3) is 0 Å². The summed E-state index contributed by atoms with van der Waals surface area (Å²) in [6.07, 6.45) is 18.9. The maximum atomic E-state index is 13.7. The number of carbonyl (C=O) groups excluding carboxylic acids is 1. The molecular weight excluding hydrogens is 671 g/mol. The van der Waals surface area contributed by atoms with Gasteiger partial charge in [-0.2, -0.15) is 28.8 Å². The van der Waals surface area contributed by atoms with E-state index in [2.05, 4.69) is 22.3 Å². The lowest BCUT2D eigenvalue weighted by atomic mass is 10.0. The van der Waals surface area contributed by atoms with Crippen LogP contribution >= 0.6 is 0 Å². The third-order valence-electron chi connectivity index (χ3n) is 8.79. The van der Waals surface area contributed by atoms with Gasteiger partial charge in [0, 0.05) is 12.1 Å². The number of anilines is 1. The average Bonchev–Trinajstić information content (AvgIpc) is 3.43. The molecule has 0 unspecified atom stereocenters. The van der Waals surface area contributed by atoms with Crippen molar-refractivity contribution in [2.24, 2.45) is 15.3 Å². The monoisotopic (exact) mass is 719 g/mol. The number of azo groups is 1. The molecule has 1 aliphatic rings. The van der Waals surface area contributed by atoms with E-state index in [1.807, 2.05) is 0 Å². The smallest absolute Gasteiger partial charge is 0.298 e. The van der Waals surface area contributed by atoms with Crippen LogP contribution in [0, 0.1) is 10.1 Å². The van der Waals surface area contributed by atoms with E-state index in [4.69, 9.17) is 4.74 Å². The van der Waals surface area contributed by atoms with Gasteiger partial charge in [-0.25, -0.2) is 0 Å². The fourth-order valence-electron chi connectivity index (χ4n) is 5.95.